The van der Waals surface area contributed by atoms with Crippen molar-refractivity contribution in [1.82, 2.24) is 4.72 Å². The molecule has 0 amide bonds. The molecule has 0 radical (unpaired) electrons. The Bertz CT molecular complexity index is 557. The highest BCUT2D eigenvalue weighted by atomic mass is 35.5. The number of carbonyl (C=O) groups is 1. The number of sulfonamides is 1. The Labute approximate surface area is 118 Å². The van der Waals surface area contributed by atoms with Crippen molar-refractivity contribution >= 4 is 27.6 Å². The van der Waals surface area contributed by atoms with E-state index in [-0.39, 0.29) is 30.4 Å². The number of benzene rings is 1. The fourth-order valence-corrected chi connectivity index (χ4v) is 2.55. The average molecular weight is 306 g/mol. The van der Waals surface area contributed by atoms with Gasteiger partial charge in [-0.3, -0.25) is 4.79 Å². The van der Waals surface area contributed by atoms with E-state index in [1.165, 1.54) is 12.1 Å². The zero-order valence-electron chi connectivity index (χ0n) is 10.8. The molecule has 0 atom stereocenters. The van der Waals surface area contributed by atoms with Crippen molar-refractivity contribution in [3.63, 3.8) is 0 Å². The molecule has 106 valence electrons. The third-order valence-electron chi connectivity index (χ3n) is 2.40. The van der Waals surface area contributed by atoms with Crippen molar-refractivity contribution in [3.8, 4) is 0 Å². The van der Waals surface area contributed by atoms with Crippen LogP contribution in [0.2, 0.25) is 5.02 Å². The molecule has 0 fully saturated rings. The summed E-state index contributed by atoms with van der Waals surface area (Å²) in [5.41, 5.74) is 0.803. The van der Waals surface area contributed by atoms with Crippen molar-refractivity contribution in [2.45, 2.75) is 25.2 Å². The van der Waals surface area contributed by atoms with Crippen LogP contribution < -0.4 is 4.72 Å². The van der Waals surface area contributed by atoms with Crippen LogP contribution in [-0.2, 0) is 19.6 Å². The summed E-state index contributed by atoms with van der Waals surface area (Å²) in [6, 6.07) is 4.49. The Morgan fingerprint density at radius 2 is 2.11 bits per heavy atom. The number of hydrogen-bond donors (Lipinski definition) is 1. The van der Waals surface area contributed by atoms with Gasteiger partial charge in [-0.25, -0.2) is 13.1 Å². The highest BCUT2D eigenvalue weighted by Crippen LogP contribution is 2.19. The van der Waals surface area contributed by atoms with Crippen molar-refractivity contribution in [2.75, 3.05) is 13.2 Å². The first-order valence-electron chi connectivity index (χ1n) is 5.78. The molecule has 0 saturated carbocycles. The molecule has 0 heterocycles. The van der Waals surface area contributed by atoms with Gasteiger partial charge in [0.25, 0.3) is 0 Å². The molecule has 19 heavy (non-hydrogen) atoms. The number of esters is 1. The molecule has 5 nitrogen and oxygen atoms in total. The number of nitrogens with one attached hydrogen (secondary N) is 1. The van der Waals surface area contributed by atoms with Gasteiger partial charge in [0.1, 0.15) is 6.61 Å². The molecule has 0 aliphatic rings. The molecule has 0 bridgehead atoms. The second-order valence-corrected chi connectivity index (χ2v) is 6.06. The van der Waals surface area contributed by atoms with Crippen LogP contribution in [0.3, 0.4) is 0 Å². The SMILES string of the molecule is CCC(=O)OCCNS(=O)(=O)c1ccc(C)c(Cl)c1. The lowest BCUT2D eigenvalue weighted by Gasteiger charge is -2.08. The summed E-state index contributed by atoms with van der Waals surface area (Å²) in [5, 5.41) is 0.389. The van der Waals surface area contributed by atoms with Crippen LogP contribution in [0.4, 0.5) is 0 Å². The number of aryl methyl sites for hydroxylation is 1. The first kappa shape index (κ1) is 15.9. The fraction of sp³-hybridized carbons (Fsp3) is 0.417. The molecule has 0 unspecified atom stereocenters. The number of ether oxygens (including phenoxy) is 1. The smallest absolute Gasteiger partial charge is 0.305 e. The van der Waals surface area contributed by atoms with E-state index in [4.69, 9.17) is 16.3 Å². The van der Waals surface area contributed by atoms with Crippen molar-refractivity contribution in [3.05, 3.63) is 28.8 Å². The lowest BCUT2D eigenvalue weighted by atomic mass is 10.2. The second-order valence-electron chi connectivity index (χ2n) is 3.88. The predicted molar refractivity (Wildman–Crippen MR) is 72.6 cm³/mol. The molecule has 0 aliphatic heterocycles. The summed E-state index contributed by atoms with van der Waals surface area (Å²) in [6.45, 7) is 3.49. The number of halogens is 1. The van der Waals surface area contributed by atoms with E-state index in [0.717, 1.165) is 5.56 Å². The van der Waals surface area contributed by atoms with Crippen LogP contribution in [0.1, 0.15) is 18.9 Å². The fourth-order valence-electron chi connectivity index (χ4n) is 1.27. The van der Waals surface area contributed by atoms with Crippen LogP contribution >= 0.6 is 11.6 Å². The van der Waals surface area contributed by atoms with E-state index in [2.05, 4.69) is 4.72 Å². The average Bonchev–Trinajstić information content (AvgIpc) is 2.37. The standard InChI is InChI=1S/C12H16ClNO4S/c1-3-12(15)18-7-6-14-19(16,17)10-5-4-9(2)11(13)8-10/h4-5,8,14H,3,6-7H2,1-2H3. The monoisotopic (exact) mass is 305 g/mol. The van der Waals surface area contributed by atoms with Gasteiger partial charge in [0.2, 0.25) is 10.0 Å². The molecule has 0 aliphatic carbocycles. The van der Waals surface area contributed by atoms with E-state index in [1.807, 2.05) is 0 Å². The number of rotatable bonds is 6. The predicted octanol–water partition coefficient (Wildman–Crippen LogP) is 1.88. The zero-order chi connectivity index (χ0) is 14.5. The van der Waals surface area contributed by atoms with Gasteiger partial charge in [-0.05, 0) is 24.6 Å². The summed E-state index contributed by atoms with van der Waals surface area (Å²) in [4.78, 5) is 11.0. The van der Waals surface area contributed by atoms with Gasteiger partial charge in [0.15, 0.2) is 0 Å². The molecule has 1 aromatic rings. The van der Waals surface area contributed by atoms with Crippen molar-refractivity contribution < 1.29 is 17.9 Å². The van der Waals surface area contributed by atoms with Crippen molar-refractivity contribution in [2.24, 2.45) is 0 Å². The highest BCUT2D eigenvalue weighted by Gasteiger charge is 2.14. The van der Waals surface area contributed by atoms with Crippen LogP contribution in [0.5, 0.6) is 0 Å². The summed E-state index contributed by atoms with van der Waals surface area (Å²) < 4.78 is 30.9. The Morgan fingerprint density at radius 3 is 2.68 bits per heavy atom. The first-order valence-corrected chi connectivity index (χ1v) is 7.64. The molecular formula is C12H16ClNO4S. The molecule has 1 rings (SSSR count). The largest absolute Gasteiger partial charge is 0.464 e. The Balaban J connectivity index is 2.61. The lowest BCUT2D eigenvalue weighted by molar-refractivity contribution is -0.142. The summed E-state index contributed by atoms with van der Waals surface area (Å²) >= 11 is 5.88. The Kier molecular flexibility index (Phi) is 5.78. The number of carbonyl (C=O) groups excluding carboxylic acids is 1. The molecule has 0 spiro atoms. The van der Waals surface area contributed by atoms with Crippen LogP contribution in [0.15, 0.2) is 23.1 Å². The van der Waals surface area contributed by atoms with Gasteiger partial charge in [0, 0.05) is 18.0 Å². The van der Waals surface area contributed by atoms with Gasteiger partial charge < -0.3 is 4.74 Å². The minimum Gasteiger partial charge on any atom is -0.464 e. The summed E-state index contributed by atoms with van der Waals surface area (Å²) in [6.07, 6.45) is 0.264. The summed E-state index contributed by atoms with van der Waals surface area (Å²) in [5.74, 6) is -0.363. The van der Waals surface area contributed by atoms with E-state index in [0.29, 0.717) is 5.02 Å². The van der Waals surface area contributed by atoms with Gasteiger partial charge in [0.05, 0.1) is 4.90 Å². The minimum absolute atomic E-state index is 0.00545. The van der Waals surface area contributed by atoms with E-state index >= 15 is 0 Å². The maximum Gasteiger partial charge on any atom is 0.305 e. The van der Waals surface area contributed by atoms with Crippen LogP contribution in [0, 0.1) is 6.92 Å². The first-order chi connectivity index (χ1) is 8.86. The second kappa shape index (κ2) is 6.88. The summed E-state index contributed by atoms with van der Waals surface area (Å²) in [7, 11) is -3.63. The molecule has 7 heteroatoms. The third kappa shape index (κ3) is 4.81. The van der Waals surface area contributed by atoms with Gasteiger partial charge in [-0.1, -0.05) is 24.6 Å². The maximum absolute atomic E-state index is 11.9. The van der Waals surface area contributed by atoms with Gasteiger partial charge in [-0.15, -0.1) is 0 Å². The van der Waals surface area contributed by atoms with Crippen LogP contribution in [-0.4, -0.2) is 27.5 Å². The van der Waals surface area contributed by atoms with Crippen molar-refractivity contribution in [1.29, 1.82) is 0 Å². The van der Waals surface area contributed by atoms with E-state index in [1.54, 1.807) is 19.9 Å². The Hall–Kier alpha value is -1.11. The molecule has 0 aromatic heterocycles. The molecule has 0 saturated heterocycles. The van der Waals surface area contributed by atoms with E-state index in [9.17, 15) is 13.2 Å². The third-order valence-corrected chi connectivity index (χ3v) is 4.27. The topological polar surface area (TPSA) is 72.5 Å². The molecule has 1 N–H and O–H groups in total. The van der Waals surface area contributed by atoms with E-state index < -0.39 is 10.0 Å². The minimum atomic E-state index is -3.63. The van der Waals surface area contributed by atoms with Gasteiger partial charge in [-0.2, -0.15) is 0 Å². The maximum atomic E-state index is 11.9. The normalized spacial score (nSPS) is 11.3. The number of hydrogen-bond acceptors (Lipinski definition) is 4. The zero-order valence-corrected chi connectivity index (χ0v) is 12.3. The quantitative estimate of drug-likeness (QED) is 0.643. The highest BCUT2D eigenvalue weighted by molar-refractivity contribution is 7.89. The molecular weight excluding hydrogens is 290 g/mol. The lowest BCUT2D eigenvalue weighted by Crippen LogP contribution is -2.28. The molecule has 1 aromatic carbocycles. The Morgan fingerprint density at radius 1 is 1.42 bits per heavy atom. The van der Waals surface area contributed by atoms with Crippen LogP contribution in [0.25, 0.3) is 0 Å². The van der Waals surface area contributed by atoms with Gasteiger partial charge >= 0.3 is 5.97 Å².